The second-order valence-electron chi connectivity index (χ2n) is 9.76. The van der Waals surface area contributed by atoms with Crippen LogP contribution in [0.4, 0.5) is 11.5 Å². The van der Waals surface area contributed by atoms with Crippen molar-refractivity contribution < 1.29 is 24.1 Å². The molecule has 0 atom stereocenters. The van der Waals surface area contributed by atoms with Crippen molar-refractivity contribution in [1.29, 1.82) is 0 Å². The average Bonchev–Trinajstić information content (AvgIpc) is 3.53. The minimum absolute atomic E-state index is 0.0414. The molecule has 0 fully saturated rings. The molecule has 1 aliphatic rings. The van der Waals surface area contributed by atoms with E-state index in [1.54, 1.807) is 0 Å². The molecule has 0 bridgehead atoms. The summed E-state index contributed by atoms with van der Waals surface area (Å²) in [6.07, 6.45) is 3.71. The summed E-state index contributed by atoms with van der Waals surface area (Å²) < 4.78 is 14.1. The van der Waals surface area contributed by atoms with E-state index in [2.05, 4.69) is 120 Å². The smallest absolute Gasteiger partial charge is 0.192 e. The van der Waals surface area contributed by atoms with Crippen molar-refractivity contribution >= 4 is 29.5 Å². The summed E-state index contributed by atoms with van der Waals surface area (Å²) in [5, 5.41) is 4.61. The number of anilines is 2. The number of benzene rings is 3. The summed E-state index contributed by atoms with van der Waals surface area (Å²) in [7, 11) is 2.09. The Hall–Kier alpha value is -4.16. The van der Waals surface area contributed by atoms with Gasteiger partial charge in [0.15, 0.2) is 0 Å². The first-order valence-electron chi connectivity index (χ1n) is 12.8. The Bertz CT molecular complexity index is 1940. The Labute approximate surface area is 237 Å². The molecule has 194 valence electrons. The van der Waals surface area contributed by atoms with E-state index >= 15 is 0 Å². The molecule has 3 aromatic heterocycles. The molecule has 0 radical (unpaired) electrons. The molecule has 6 aromatic rings. The van der Waals surface area contributed by atoms with Gasteiger partial charge in [0.25, 0.3) is 0 Å². The third-order valence-electron chi connectivity index (χ3n) is 7.27. The maximum atomic E-state index is 6.49. The van der Waals surface area contributed by atoms with E-state index in [1.807, 2.05) is 41.3 Å². The molecule has 0 amide bonds. The Morgan fingerprint density at radius 3 is 2.51 bits per heavy atom. The van der Waals surface area contributed by atoms with Crippen molar-refractivity contribution in [3.8, 4) is 28.4 Å². The van der Waals surface area contributed by atoms with Gasteiger partial charge in [-0.05, 0) is 18.6 Å². The number of rotatable bonds is 4. The van der Waals surface area contributed by atoms with Crippen LogP contribution in [0.25, 0.3) is 28.0 Å². The number of hydrogen-bond donors (Lipinski definition) is 0. The van der Waals surface area contributed by atoms with E-state index in [1.165, 1.54) is 5.52 Å². The number of hydrogen-bond acceptors (Lipinski definition) is 4. The third-order valence-corrected chi connectivity index (χ3v) is 8.54. The number of imidazole rings is 1. The fourth-order valence-electron chi connectivity index (χ4n) is 5.42. The Morgan fingerprint density at radius 2 is 1.67 bits per heavy atom. The summed E-state index contributed by atoms with van der Waals surface area (Å²) >= 11 is 2.38. The number of ether oxygens (including phenoxy) is 1. The van der Waals surface area contributed by atoms with E-state index in [0.717, 1.165) is 54.8 Å². The summed E-state index contributed by atoms with van der Waals surface area (Å²) in [5.41, 5.74) is 7.76. The Balaban J connectivity index is 1.30. The zero-order valence-corrected chi connectivity index (χ0v) is 24.0. The number of nitrogens with zero attached hydrogens (tertiary/aromatic N) is 6. The number of pyridine rings is 1. The summed E-state index contributed by atoms with van der Waals surface area (Å²) in [5.74, 6) is 2.42. The first-order valence-corrected chi connectivity index (χ1v) is 13.9. The van der Waals surface area contributed by atoms with Crippen LogP contribution >= 0.6 is 0 Å². The van der Waals surface area contributed by atoms with Gasteiger partial charge < -0.3 is 0 Å². The van der Waals surface area contributed by atoms with E-state index in [0.29, 0.717) is 0 Å². The SMILES string of the molecule is CB1N(c2cc(C)ccn2)c2cc(Oc3cccc(-n4[c](=[Pt])n(C)c5ccccc54)c3)ccc2-c2ccnn21. The van der Waals surface area contributed by atoms with Crippen LogP contribution < -0.4 is 9.55 Å². The normalized spacial score (nSPS) is 12.5. The standard InChI is InChI=1S/C30H25BN6O.Pt/c1-21-13-15-32-30(17-21)36-29-19-24(11-12-25(29)26-14-16-33-37(26)31(36)2)38-23-8-6-7-22(18-23)35-20-34(3)27-9-4-5-10-28(27)35;/h4-19H,1-3H3;. The molecule has 7 rings (SSSR count). The zero-order chi connectivity index (χ0) is 26.7. The molecule has 9 heteroatoms. The van der Waals surface area contributed by atoms with Crippen LogP contribution in [0.15, 0.2) is 97.3 Å². The number of para-hydroxylation sites is 2. The third kappa shape index (κ3) is 3.90. The molecule has 0 unspecified atom stereocenters. The molecule has 0 N–H and O–H groups in total. The van der Waals surface area contributed by atoms with Crippen LogP contribution in [-0.4, -0.2) is 30.8 Å². The van der Waals surface area contributed by atoms with Crippen LogP contribution in [0.1, 0.15) is 5.56 Å². The first-order chi connectivity index (χ1) is 19.0. The predicted octanol–water partition coefficient (Wildman–Crippen LogP) is 6.52. The summed E-state index contributed by atoms with van der Waals surface area (Å²) in [6, 6.07) is 29.1. The van der Waals surface area contributed by atoms with Crippen molar-refractivity contribution in [2.75, 3.05) is 4.81 Å². The van der Waals surface area contributed by atoms with Gasteiger partial charge >= 0.3 is 202 Å². The zero-order valence-electron chi connectivity index (χ0n) is 21.7. The molecule has 3 aromatic carbocycles. The second-order valence-corrected chi connectivity index (χ2v) is 10.8. The molecule has 0 aliphatic carbocycles. The fourth-order valence-corrected chi connectivity index (χ4v) is 6.26. The minimum Gasteiger partial charge on any atom is -0.192 e. The molecule has 1 aliphatic heterocycles. The topological polar surface area (TPSA) is 53.0 Å². The van der Waals surface area contributed by atoms with Gasteiger partial charge in [-0.15, -0.1) is 0 Å². The van der Waals surface area contributed by atoms with Crippen LogP contribution in [0, 0.1) is 10.7 Å². The number of aromatic nitrogens is 5. The maximum absolute atomic E-state index is 6.49. The van der Waals surface area contributed by atoms with E-state index in [9.17, 15) is 0 Å². The Kier molecular flexibility index (Phi) is 5.67. The van der Waals surface area contributed by atoms with Gasteiger partial charge in [-0.3, -0.25) is 0 Å². The van der Waals surface area contributed by atoms with Gasteiger partial charge in [0.2, 0.25) is 0 Å². The van der Waals surface area contributed by atoms with Gasteiger partial charge in [0, 0.05) is 12.4 Å². The first kappa shape index (κ1) is 23.9. The molecule has 0 saturated carbocycles. The van der Waals surface area contributed by atoms with Crippen molar-refractivity contribution in [1.82, 2.24) is 23.8 Å². The van der Waals surface area contributed by atoms with Crippen molar-refractivity contribution in [2.24, 2.45) is 7.05 Å². The van der Waals surface area contributed by atoms with Crippen LogP contribution in [-0.2, 0) is 26.4 Å². The van der Waals surface area contributed by atoms with E-state index in [-0.39, 0.29) is 6.98 Å². The minimum atomic E-state index is -0.0414. The molecular weight excluding hydrogens is 666 g/mol. The molecule has 0 spiro atoms. The van der Waals surface area contributed by atoms with Gasteiger partial charge in [0.05, 0.1) is 0 Å². The summed E-state index contributed by atoms with van der Waals surface area (Å²) in [6.45, 7) is 4.19. The van der Waals surface area contributed by atoms with Gasteiger partial charge in [-0.25, -0.2) is 0 Å². The van der Waals surface area contributed by atoms with Gasteiger partial charge in [0.1, 0.15) is 0 Å². The monoisotopic (exact) mass is 691 g/mol. The number of aryl methyl sites for hydroxylation is 2. The van der Waals surface area contributed by atoms with Crippen LogP contribution in [0.3, 0.4) is 0 Å². The van der Waals surface area contributed by atoms with E-state index < -0.39 is 0 Å². The molecule has 7 nitrogen and oxygen atoms in total. The Morgan fingerprint density at radius 1 is 0.846 bits per heavy atom. The molecule has 4 heterocycles. The van der Waals surface area contributed by atoms with Gasteiger partial charge in [-0.1, -0.05) is 0 Å². The van der Waals surface area contributed by atoms with Crippen LogP contribution in [0.2, 0.25) is 6.82 Å². The molecule has 39 heavy (non-hydrogen) atoms. The number of fused-ring (bicyclic) bond motifs is 4. The quantitative estimate of drug-likeness (QED) is 0.198. The van der Waals surface area contributed by atoms with Gasteiger partial charge in [-0.2, -0.15) is 5.10 Å². The molecular formula is C30H25BN6OPt. The van der Waals surface area contributed by atoms with Crippen molar-refractivity contribution in [3.63, 3.8) is 0 Å². The van der Waals surface area contributed by atoms with Crippen molar-refractivity contribution in [3.05, 3.63) is 107 Å². The second kappa shape index (κ2) is 9.24. The molecule has 0 saturated heterocycles. The summed E-state index contributed by atoms with van der Waals surface area (Å²) in [4.78, 5) is 6.92. The average molecular weight is 691 g/mol. The fraction of sp³-hybridized carbons (Fsp3) is 0.100. The van der Waals surface area contributed by atoms with Crippen LogP contribution in [0.5, 0.6) is 11.5 Å². The predicted molar refractivity (Wildman–Crippen MR) is 151 cm³/mol. The van der Waals surface area contributed by atoms with Crippen molar-refractivity contribution in [2.45, 2.75) is 13.7 Å². The van der Waals surface area contributed by atoms with E-state index in [4.69, 9.17) is 9.72 Å².